The Labute approximate surface area is 181 Å². The Hall–Kier alpha value is -3.91. The number of urea groups is 1. The summed E-state index contributed by atoms with van der Waals surface area (Å²) >= 11 is 0. The molecule has 0 bridgehead atoms. The van der Waals surface area contributed by atoms with Crippen molar-refractivity contribution < 1.29 is 14.4 Å². The van der Waals surface area contributed by atoms with Crippen LogP contribution in [0, 0.1) is 0 Å². The van der Waals surface area contributed by atoms with Crippen LogP contribution < -0.4 is 21.4 Å². The molecule has 8 nitrogen and oxygen atoms in total. The highest BCUT2D eigenvalue weighted by Gasteiger charge is 2.11. The molecule has 8 heteroatoms. The number of hydrogen-bond acceptors (Lipinski definition) is 5. The number of amides is 3. The lowest BCUT2D eigenvalue weighted by Crippen LogP contribution is -2.31. The minimum atomic E-state index is -0.340. The molecule has 3 aromatic rings. The molecule has 1 aromatic heterocycles. The minimum Gasteiger partial charge on any atom is -0.380 e. The molecule has 0 saturated carbocycles. The van der Waals surface area contributed by atoms with Crippen molar-refractivity contribution in [3.63, 3.8) is 0 Å². The van der Waals surface area contributed by atoms with Crippen LogP contribution in [-0.2, 0) is 11.4 Å². The third kappa shape index (κ3) is 7.45. The van der Waals surface area contributed by atoms with E-state index in [2.05, 4.69) is 26.4 Å². The van der Waals surface area contributed by atoms with E-state index in [0.717, 1.165) is 11.3 Å². The van der Waals surface area contributed by atoms with Gasteiger partial charge >= 0.3 is 6.03 Å². The number of nitrogens with zero attached hydrogens (tertiary/aromatic N) is 1. The van der Waals surface area contributed by atoms with E-state index >= 15 is 0 Å². The van der Waals surface area contributed by atoms with Gasteiger partial charge in [0, 0.05) is 36.9 Å². The molecule has 3 amide bonds. The maximum Gasteiger partial charge on any atom is 0.319 e. The van der Waals surface area contributed by atoms with Crippen molar-refractivity contribution in [1.29, 1.82) is 0 Å². The average Bonchev–Trinajstić information content (AvgIpc) is 2.81. The molecule has 4 N–H and O–H groups in total. The second-order valence-corrected chi connectivity index (χ2v) is 6.63. The van der Waals surface area contributed by atoms with Crippen LogP contribution in [0.4, 0.5) is 16.2 Å². The topological polar surface area (TPSA) is 104 Å². The highest BCUT2D eigenvalue weighted by molar-refractivity contribution is 5.99. The molecule has 0 atom stereocenters. The summed E-state index contributed by atoms with van der Waals surface area (Å²) < 4.78 is 0. The molecule has 0 unspecified atom stereocenters. The van der Waals surface area contributed by atoms with Gasteiger partial charge in [0.05, 0.1) is 12.2 Å². The fourth-order valence-corrected chi connectivity index (χ4v) is 2.75. The Balaban J connectivity index is 1.35. The van der Waals surface area contributed by atoms with Crippen LogP contribution in [0.25, 0.3) is 0 Å². The van der Waals surface area contributed by atoms with Gasteiger partial charge in [0.25, 0.3) is 5.91 Å². The van der Waals surface area contributed by atoms with Crippen LogP contribution in [0.15, 0.2) is 79.1 Å². The van der Waals surface area contributed by atoms with Crippen molar-refractivity contribution in [1.82, 2.24) is 15.8 Å². The first-order chi connectivity index (χ1) is 15.2. The molecule has 0 saturated heterocycles. The number of aromatic nitrogens is 1. The highest BCUT2D eigenvalue weighted by Crippen LogP contribution is 2.16. The summed E-state index contributed by atoms with van der Waals surface area (Å²) in [5, 5.41) is 8.72. The smallest absolute Gasteiger partial charge is 0.319 e. The molecule has 0 fully saturated rings. The number of nitrogens with one attached hydrogen (secondary N) is 4. The normalized spacial score (nSPS) is 10.2. The number of anilines is 2. The maximum absolute atomic E-state index is 12.5. The number of rotatable bonds is 10. The van der Waals surface area contributed by atoms with Gasteiger partial charge < -0.3 is 16.0 Å². The lowest BCUT2D eigenvalue weighted by molar-refractivity contribution is 0.0306. The van der Waals surface area contributed by atoms with E-state index in [1.54, 1.807) is 24.5 Å². The number of carbonyl (C=O) groups excluding carboxylic acids is 2. The van der Waals surface area contributed by atoms with Gasteiger partial charge in [-0.1, -0.05) is 30.3 Å². The molecule has 0 radical (unpaired) electrons. The Morgan fingerprint density at radius 2 is 1.65 bits per heavy atom. The van der Waals surface area contributed by atoms with Gasteiger partial charge in [-0.2, -0.15) is 0 Å². The van der Waals surface area contributed by atoms with Gasteiger partial charge in [-0.25, -0.2) is 10.3 Å². The fraction of sp³-hybridized carbons (Fsp3) is 0.174. The van der Waals surface area contributed by atoms with Crippen LogP contribution in [0.2, 0.25) is 0 Å². The van der Waals surface area contributed by atoms with Crippen LogP contribution in [0.5, 0.6) is 0 Å². The number of hydrogen-bond donors (Lipinski definition) is 4. The standard InChI is InChI=1S/C23H25N5O3/c29-22(20-9-4-5-10-21(20)26-17-18-11-14-24-15-12-18)28-31-16-6-13-25-23(30)27-19-7-2-1-3-8-19/h1-5,7-12,14-15,26H,6,13,16-17H2,(H,28,29)(H2,25,27,30). The van der Waals surface area contributed by atoms with E-state index in [1.165, 1.54) is 0 Å². The molecule has 0 aliphatic carbocycles. The third-order valence-corrected chi connectivity index (χ3v) is 4.31. The summed E-state index contributed by atoms with van der Waals surface area (Å²) in [5.74, 6) is -0.340. The minimum absolute atomic E-state index is 0.268. The van der Waals surface area contributed by atoms with Gasteiger partial charge in [0.15, 0.2) is 0 Å². The summed E-state index contributed by atoms with van der Waals surface area (Å²) in [6.45, 7) is 1.26. The molecule has 3 rings (SSSR count). The molecular formula is C23H25N5O3. The van der Waals surface area contributed by atoms with E-state index in [-0.39, 0.29) is 18.5 Å². The molecule has 160 valence electrons. The monoisotopic (exact) mass is 419 g/mol. The van der Waals surface area contributed by atoms with Crippen LogP contribution in [-0.4, -0.2) is 30.1 Å². The summed E-state index contributed by atoms with van der Waals surface area (Å²) in [7, 11) is 0. The molecule has 1 heterocycles. The number of hydroxylamine groups is 1. The van der Waals surface area contributed by atoms with Crippen molar-refractivity contribution in [3.8, 4) is 0 Å². The highest BCUT2D eigenvalue weighted by atomic mass is 16.6. The third-order valence-electron chi connectivity index (χ3n) is 4.31. The van der Waals surface area contributed by atoms with E-state index in [9.17, 15) is 9.59 Å². The Bertz CT molecular complexity index is 967. The van der Waals surface area contributed by atoms with E-state index in [4.69, 9.17) is 4.84 Å². The average molecular weight is 419 g/mol. The maximum atomic E-state index is 12.5. The van der Waals surface area contributed by atoms with Gasteiger partial charge in [-0.3, -0.25) is 14.6 Å². The zero-order valence-electron chi connectivity index (χ0n) is 17.0. The van der Waals surface area contributed by atoms with Crippen LogP contribution in [0.1, 0.15) is 22.3 Å². The number of para-hydroxylation sites is 2. The van der Waals surface area contributed by atoms with Crippen LogP contribution >= 0.6 is 0 Å². The van der Waals surface area contributed by atoms with Crippen molar-refractivity contribution >= 4 is 23.3 Å². The van der Waals surface area contributed by atoms with Crippen molar-refractivity contribution in [2.45, 2.75) is 13.0 Å². The first-order valence-electron chi connectivity index (χ1n) is 9.96. The van der Waals surface area contributed by atoms with Crippen molar-refractivity contribution in [3.05, 3.63) is 90.3 Å². The fourth-order valence-electron chi connectivity index (χ4n) is 2.75. The quantitative estimate of drug-likeness (QED) is 0.297. The predicted molar refractivity (Wildman–Crippen MR) is 120 cm³/mol. The summed E-state index contributed by atoms with van der Waals surface area (Å²) in [6.07, 6.45) is 4.00. The van der Waals surface area contributed by atoms with E-state index < -0.39 is 0 Å². The zero-order chi connectivity index (χ0) is 21.7. The molecule has 0 aliphatic heterocycles. The van der Waals surface area contributed by atoms with Crippen molar-refractivity contribution in [2.24, 2.45) is 0 Å². The first-order valence-corrected chi connectivity index (χ1v) is 9.96. The molecule has 0 spiro atoms. The molecule has 31 heavy (non-hydrogen) atoms. The molecular weight excluding hydrogens is 394 g/mol. The number of pyridine rings is 1. The number of carbonyl (C=O) groups is 2. The van der Waals surface area contributed by atoms with Gasteiger partial charge in [-0.05, 0) is 48.4 Å². The number of benzene rings is 2. The van der Waals surface area contributed by atoms with Crippen LogP contribution in [0.3, 0.4) is 0 Å². The molecule has 2 aromatic carbocycles. The Kier molecular flexibility index (Phi) is 8.39. The van der Waals surface area contributed by atoms with E-state index in [1.807, 2.05) is 54.6 Å². The van der Waals surface area contributed by atoms with Crippen molar-refractivity contribution in [2.75, 3.05) is 23.8 Å². The molecule has 0 aliphatic rings. The van der Waals surface area contributed by atoms with Gasteiger partial charge in [0.1, 0.15) is 0 Å². The predicted octanol–water partition coefficient (Wildman–Crippen LogP) is 3.57. The van der Waals surface area contributed by atoms with Gasteiger partial charge in [-0.15, -0.1) is 0 Å². The second-order valence-electron chi connectivity index (χ2n) is 6.63. The summed E-state index contributed by atoms with van der Waals surface area (Å²) in [5.41, 5.74) is 5.42. The second kappa shape index (κ2) is 11.9. The first kappa shape index (κ1) is 21.8. The van der Waals surface area contributed by atoms with Gasteiger partial charge in [0.2, 0.25) is 0 Å². The largest absolute Gasteiger partial charge is 0.380 e. The zero-order valence-corrected chi connectivity index (χ0v) is 17.0. The van der Waals surface area contributed by atoms with E-state index in [0.29, 0.717) is 30.8 Å². The summed E-state index contributed by atoms with van der Waals surface area (Å²) in [6, 6.07) is 19.9. The summed E-state index contributed by atoms with van der Waals surface area (Å²) in [4.78, 5) is 33.5. The Morgan fingerprint density at radius 1 is 0.903 bits per heavy atom. The lowest BCUT2D eigenvalue weighted by Gasteiger charge is -2.12. The lowest BCUT2D eigenvalue weighted by atomic mass is 10.1. The SMILES string of the molecule is O=C(NCCCONC(=O)c1ccccc1NCc1ccncc1)Nc1ccccc1. The Morgan fingerprint density at radius 3 is 2.45 bits per heavy atom.